The standard InChI is InChI=1S/C21H26N2/c1-14(2)13-22-19-7-6-15-10-16-4-3-5-21(23-18-8-9-18)20(16)12-17(15)11-19/h3-4,6-7,10-12,14,18,21-23H,5,8-9,13H2,1-2H3. The first kappa shape index (κ1) is 14.8. The van der Waals surface area contributed by atoms with Crippen LogP contribution in [0.2, 0.25) is 0 Å². The number of anilines is 1. The average Bonchev–Trinajstić information content (AvgIpc) is 3.35. The minimum absolute atomic E-state index is 0.485. The molecule has 1 saturated carbocycles. The van der Waals surface area contributed by atoms with Crippen molar-refractivity contribution in [2.24, 2.45) is 5.92 Å². The van der Waals surface area contributed by atoms with Crippen LogP contribution in [0.25, 0.3) is 16.8 Å². The Morgan fingerprint density at radius 2 is 1.96 bits per heavy atom. The van der Waals surface area contributed by atoms with E-state index in [0.29, 0.717) is 12.0 Å². The van der Waals surface area contributed by atoms with Crippen LogP contribution < -0.4 is 10.6 Å². The maximum atomic E-state index is 3.80. The van der Waals surface area contributed by atoms with Crippen molar-refractivity contribution in [3.8, 4) is 0 Å². The van der Waals surface area contributed by atoms with Gasteiger partial charge in [-0.25, -0.2) is 0 Å². The molecular formula is C21H26N2. The molecule has 23 heavy (non-hydrogen) atoms. The Balaban J connectivity index is 1.67. The van der Waals surface area contributed by atoms with Gasteiger partial charge in [-0.2, -0.15) is 0 Å². The predicted octanol–water partition coefficient (Wildman–Crippen LogP) is 5.12. The molecule has 120 valence electrons. The molecule has 1 fully saturated rings. The summed E-state index contributed by atoms with van der Waals surface area (Å²) in [5.41, 5.74) is 4.07. The molecule has 0 amide bonds. The number of fused-ring (bicyclic) bond motifs is 2. The second kappa shape index (κ2) is 6.01. The Bertz CT molecular complexity index is 741. The maximum absolute atomic E-state index is 3.80. The van der Waals surface area contributed by atoms with Crippen LogP contribution >= 0.6 is 0 Å². The van der Waals surface area contributed by atoms with Gasteiger partial charge in [-0.05, 0) is 71.3 Å². The summed E-state index contributed by atoms with van der Waals surface area (Å²) in [6.07, 6.45) is 8.39. The largest absolute Gasteiger partial charge is 0.385 e. The lowest BCUT2D eigenvalue weighted by Crippen LogP contribution is -2.24. The highest BCUT2D eigenvalue weighted by molar-refractivity contribution is 5.89. The zero-order valence-corrected chi connectivity index (χ0v) is 14.1. The highest BCUT2D eigenvalue weighted by Gasteiger charge is 2.27. The molecule has 0 aliphatic heterocycles. The zero-order valence-electron chi connectivity index (χ0n) is 14.1. The predicted molar refractivity (Wildman–Crippen MR) is 99.8 cm³/mol. The van der Waals surface area contributed by atoms with E-state index >= 15 is 0 Å². The highest BCUT2D eigenvalue weighted by Crippen LogP contribution is 2.35. The van der Waals surface area contributed by atoms with Crippen molar-refractivity contribution in [2.75, 3.05) is 11.9 Å². The Kier molecular flexibility index (Phi) is 3.86. The lowest BCUT2D eigenvalue weighted by atomic mass is 9.90. The van der Waals surface area contributed by atoms with Gasteiger partial charge in [0.15, 0.2) is 0 Å². The molecule has 0 aromatic heterocycles. The molecule has 2 N–H and O–H groups in total. The average molecular weight is 306 g/mol. The molecular weight excluding hydrogens is 280 g/mol. The minimum Gasteiger partial charge on any atom is -0.385 e. The normalized spacial score (nSPS) is 20.0. The van der Waals surface area contributed by atoms with Crippen LogP contribution in [0.4, 0.5) is 5.69 Å². The van der Waals surface area contributed by atoms with E-state index in [1.165, 1.54) is 40.4 Å². The van der Waals surface area contributed by atoms with Crippen LogP contribution in [0.3, 0.4) is 0 Å². The molecule has 0 saturated heterocycles. The van der Waals surface area contributed by atoms with Crippen molar-refractivity contribution in [3.63, 3.8) is 0 Å². The van der Waals surface area contributed by atoms with Gasteiger partial charge in [0.05, 0.1) is 0 Å². The fraction of sp³-hybridized carbons (Fsp3) is 0.429. The van der Waals surface area contributed by atoms with E-state index in [1.54, 1.807) is 0 Å². The molecule has 0 heterocycles. The number of hydrogen-bond acceptors (Lipinski definition) is 2. The molecule has 2 nitrogen and oxygen atoms in total. The van der Waals surface area contributed by atoms with Gasteiger partial charge in [0.1, 0.15) is 0 Å². The molecule has 2 aliphatic carbocycles. The first-order valence-electron chi connectivity index (χ1n) is 8.93. The summed E-state index contributed by atoms with van der Waals surface area (Å²) in [7, 11) is 0. The number of nitrogens with one attached hydrogen (secondary N) is 2. The van der Waals surface area contributed by atoms with Crippen molar-refractivity contribution >= 4 is 22.5 Å². The van der Waals surface area contributed by atoms with Gasteiger partial charge in [-0.3, -0.25) is 0 Å². The molecule has 0 spiro atoms. The number of rotatable bonds is 5. The summed E-state index contributed by atoms with van der Waals surface area (Å²) in [6, 6.07) is 12.7. The summed E-state index contributed by atoms with van der Waals surface area (Å²) >= 11 is 0. The first-order valence-corrected chi connectivity index (χ1v) is 8.93. The Labute approximate surface area is 139 Å². The monoisotopic (exact) mass is 306 g/mol. The Morgan fingerprint density at radius 3 is 2.74 bits per heavy atom. The van der Waals surface area contributed by atoms with E-state index in [0.717, 1.165) is 19.0 Å². The Morgan fingerprint density at radius 1 is 1.09 bits per heavy atom. The van der Waals surface area contributed by atoms with Crippen LogP contribution in [0.5, 0.6) is 0 Å². The van der Waals surface area contributed by atoms with Crippen LogP contribution in [-0.4, -0.2) is 12.6 Å². The Hall–Kier alpha value is -1.80. The summed E-state index contributed by atoms with van der Waals surface area (Å²) in [5.74, 6) is 0.659. The third-order valence-electron chi connectivity index (χ3n) is 4.82. The molecule has 2 heteroatoms. The van der Waals surface area contributed by atoms with E-state index in [2.05, 4.69) is 67.0 Å². The van der Waals surface area contributed by atoms with Crippen molar-refractivity contribution in [1.29, 1.82) is 0 Å². The molecule has 0 bridgehead atoms. The fourth-order valence-electron chi connectivity index (χ4n) is 3.36. The van der Waals surface area contributed by atoms with Gasteiger partial charge in [0, 0.05) is 24.3 Å². The van der Waals surface area contributed by atoms with Gasteiger partial charge in [-0.1, -0.05) is 32.1 Å². The molecule has 4 rings (SSSR count). The molecule has 2 aromatic carbocycles. The van der Waals surface area contributed by atoms with Gasteiger partial charge < -0.3 is 10.6 Å². The molecule has 0 radical (unpaired) electrons. The SMILES string of the molecule is CC(C)CNc1ccc2cc3c(cc2c1)C(NC1CC1)CC=C3. The second-order valence-corrected chi connectivity index (χ2v) is 7.45. The molecule has 1 unspecified atom stereocenters. The van der Waals surface area contributed by atoms with Crippen molar-refractivity contribution in [2.45, 2.75) is 45.2 Å². The van der Waals surface area contributed by atoms with Gasteiger partial charge >= 0.3 is 0 Å². The van der Waals surface area contributed by atoms with E-state index in [1.807, 2.05) is 0 Å². The van der Waals surface area contributed by atoms with Crippen LogP contribution in [0.15, 0.2) is 36.4 Å². The molecule has 1 atom stereocenters. The van der Waals surface area contributed by atoms with Crippen LogP contribution in [0, 0.1) is 5.92 Å². The lowest BCUT2D eigenvalue weighted by Gasteiger charge is -2.24. The zero-order chi connectivity index (χ0) is 15.8. The number of hydrogen-bond donors (Lipinski definition) is 2. The molecule has 2 aromatic rings. The minimum atomic E-state index is 0.485. The molecule has 2 aliphatic rings. The van der Waals surface area contributed by atoms with E-state index in [-0.39, 0.29) is 0 Å². The van der Waals surface area contributed by atoms with Gasteiger partial charge in [0.25, 0.3) is 0 Å². The summed E-state index contributed by atoms with van der Waals surface area (Å²) in [6.45, 7) is 5.50. The third-order valence-corrected chi connectivity index (χ3v) is 4.82. The first-order chi connectivity index (χ1) is 11.2. The van der Waals surface area contributed by atoms with Crippen LogP contribution in [-0.2, 0) is 0 Å². The third kappa shape index (κ3) is 3.28. The lowest BCUT2D eigenvalue weighted by molar-refractivity contribution is 0.532. The van der Waals surface area contributed by atoms with Crippen LogP contribution in [0.1, 0.15) is 50.3 Å². The topological polar surface area (TPSA) is 24.1 Å². The summed E-state index contributed by atoms with van der Waals surface area (Å²) in [5, 5.41) is 10.0. The quantitative estimate of drug-likeness (QED) is 0.801. The van der Waals surface area contributed by atoms with Crippen molar-refractivity contribution in [1.82, 2.24) is 5.32 Å². The summed E-state index contributed by atoms with van der Waals surface area (Å²) in [4.78, 5) is 0. The highest BCUT2D eigenvalue weighted by atomic mass is 15.0. The van der Waals surface area contributed by atoms with E-state index < -0.39 is 0 Å². The van der Waals surface area contributed by atoms with E-state index in [4.69, 9.17) is 0 Å². The van der Waals surface area contributed by atoms with E-state index in [9.17, 15) is 0 Å². The second-order valence-electron chi connectivity index (χ2n) is 7.45. The summed E-state index contributed by atoms with van der Waals surface area (Å²) < 4.78 is 0. The van der Waals surface area contributed by atoms with Gasteiger partial charge in [-0.15, -0.1) is 0 Å². The van der Waals surface area contributed by atoms with Gasteiger partial charge in [0.2, 0.25) is 0 Å². The smallest absolute Gasteiger partial charge is 0.0363 e. The van der Waals surface area contributed by atoms with Crippen molar-refractivity contribution in [3.05, 3.63) is 47.5 Å². The number of benzene rings is 2. The maximum Gasteiger partial charge on any atom is 0.0363 e. The fourth-order valence-corrected chi connectivity index (χ4v) is 3.36. The van der Waals surface area contributed by atoms with Crippen molar-refractivity contribution < 1.29 is 0 Å².